The molecule has 4 rings (SSSR count). The van der Waals surface area contributed by atoms with Gasteiger partial charge in [0.2, 0.25) is 0 Å². The molecule has 27 heavy (non-hydrogen) atoms. The van der Waals surface area contributed by atoms with Gasteiger partial charge in [0.05, 0.1) is 24.5 Å². The molecular formula is C18H26N4O5. The highest BCUT2D eigenvalue weighted by molar-refractivity contribution is 5.23. The van der Waals surface area contributed by atoms with Crippen molar-refractivity contribution in [1.82, 2.24) is 20.7 Å². The van der Waals surface area contributed by atoms with E-state index in [-0.39, 0.29) is 12.3 Å². The molecule has 0 radical (unpaired) electrons. The molecule has 0 aliphatic carbocycles. The summed E-state index contributed by atoms with van der Waals surface area (Å²) >= 11 is 0. The normalized spacial score (nSPS) is 22.9. The fourth-order valence-electron chi connectivity index (χ4n) is 3.08. The summed E-state index contributed by atoms with van der Waals surface area (Å²) in [6, 6.07) is 1.78. The third-order valence-corrected chi connectivity index (χ3v) is 4.80. The van der Waals surface area contributed by atoms with E-state index >= 15 is 0 Å². The van der Waals surface area contributed by atoms with E-state index in [2.05, 4.69) is 27.7 Å². The van der Waals surface area contributed by atoms with Crippen molar-refractivity contribution in [2.75, 3.05) is 26.3 Å². The molecule has 148 valence electrons. The molecule has 2 saturated heterocycles. The van der Waals surface area contributed by atoms with Crippen molar-refractivity contribution in [2.24, 2.45) is 0 Å². The molecule has 0 saturated carbocycles. The molecule has 2 aliphatic rings. The highest BCUT2D eigenvalue weighted by Gasteiger charge is 2.44. The van der Waals surface area contributed by atoms with Crippen molar-refractivity contribution in [3.63, 3.8) is 0 Å². The summed E-state index contributed by atoms with van der Waals surface area (Å²) in [5.74, 6) is 1.88. The molecule has 0 spiro atoms. The predicted molar refractivity (Wildman–Crippen MR) is 93.8 cm³/mol. The number of ether oxygens (including phenoxy) is 3. The Morgan fingerprint density at radius 1 is 1.26 bits per heavy atom. The predicted octanol–water partition coefficient (Wildman–Crippen LogP) is 2.13. The molecule has 0 bridgehead atoms. The van der Waals surface area contributed by atoms with Crippen LogP contribution < -0.4 is 10.2 Å². The lowest BCUT2D eigenvalue weighted by molar-refractivity contribution is 0.00354. The Morgan fingerprint density at radius 2 is 2.11 bits per heavy atom. The molecule has 2 fully saturated rings. The van der Waals surface area contributed by atoms with Crippen molar-refractivity contribution in [3.05, 3.63) is 28.8 Å². The maximum absolute atomic E-state index is 5.79. The van der Waals surface area contributed by atoms with Crippen LogP contribution in [0, 0.1) is 6.92 Å². The third kappa shape index (κ3) is 4.49. The van der Waals surface area contributed by atoms with Gasteiger partial charge in [0.25, 0.3) is 5.88 Å². The highest BCUT2D eigenvalue weighted by Crippen LogP contribution is 2.38. The molecule has 2 aliphatic heterocycles. The monoisotopic (exact) mass is 378 g/mol. The van der Waals surface area contributed by atoms with Gasteiger partial charge in [-0.3, -0.25) is 0 Å². The first-order chi connectivity index (χ1) is 13.2. The summed E-state index contributed by atoms with van der Waals surface area (Å²) in [5, 5.41) is 10.2. The molecule has 9 heteroatoms. The average Bonchev–Trinajstić information content (AvgIpc) is 3.12. The number of aromatic nitrogens is 2. The van der Waals surface area contributed by atoms with Gasteiger partial charge in [0.15, 0.2) is 18.1 Å². The second kappa shape index (κ2) is 8.39. The van der Waals surface area contributed by atoms with Gasteiger partial charge in [-0.05, 0) is 24.9 Å². The van der Waals surface area contributed by atoms with Gasteiger partial charge in [0, 0.05) is 19.2 Å². The number of hydrogen-bond donors (Lipinski definition) is 1. The summed E-state index contributed by atoms with van der Waals surface area (Å²) in [4.78, 5) is 0. The Bertz CT molecular complexity index is 740. The highest BCUT2D eigenvalue weighted by atomic mass is 16.6. The van der Waals surface area contributed by atoms with E-state index in [1.165, 1.54) is 0 Å². The molecule has 0 aromatic carbocycles. The second-order valence-corrected chi connectivity index (χ2v) is 6.83. The summed E-state index contributed by atoms with van der Waals surface area (Å²) < 4.78 is 27.5. The summed E-state index contributed by atoms with van der Waals surface area (Å²) in [7, 11) is 0. The maximum atomic E-state index is 5.79. The topological polar surface area (TPSA) is 98.3 Å². The van der Waals surface area contributed by atoms with Gasteiger partial charge in [-0.25, -0.2) is 10.4 Å². The zero-order chi connectivity index (χ0) is 18.6. The van der Waals surface area contributed by atoms with Gasteiger partial charge >= 0.3 is 0 Å². The fraction of sp³-hybridized carbons (Fsp3) is 0.667. The quantitative estimate of drug-likeness (QED) is 0.658. The molecule has 9 nitrogen and oxygen atoms in total. The molecule has 2 unspecified atom stereocenters. The molecular weight excluding hydrogens is 352 g/mol. The van der Waals surface area contributed by atoms with Crippen LogP contribution >= 0.6 is 0 Å². The van der Waals surface area contributed by atoms with Gasteiger partial charge < -0.3 is 23.3 Å². The number of nitrogens with zero attached hydrogens (tertiary/aromatic N) is 3. The van der Waals surface area contributed by atoms with Crippen LogP contribution in [-0.2, 0) is 22.5 Å². The van der Waals surface area contributed by atoms with Crippen molar-refractivity contribution in [2.45, 2.75) is 52.0 Å². The van der Waals surface area contributed by atoms with E-state index in [0.717, 1.165) is 62.6 Å². The lowest BCUT2D eigenvalue weighted by Crippen LogP contribution is -2.47. The van der Waals surface area contributed by atoms with E-state index in [0.29, 0.717) is 18.2 Å². The van der Waals surface area contributed by atoms with E-state index in [1.54, 1.807) is 6.07 Å². The largest absolute Gasteiger partial charge is 0.470 e. The van der Waals surface area contributed by atoms with Crippen LogP contribution in [0.4, 0.5) is 0 Å². The van der Waals surface area contributed by atoms with Gasteiger partial charge in [-0.1, -0.05) is 18.5 Å². The molecule has 4 heterocycles. The number of epoxide rings is 1. The number of rotatable bonds is 9. The first-order valence-electron chi connectivity index (χ1n) is 9.52. The van der Waals surface area contributed by atoms with Crippen molar-refractivity contribution >= 4 is 0 Å². The van der Waals surface area contributed by atoms with Crippen molar-refractivity contribution in [3.8, 4) is 5.88 Å². The van der Waals surface area contributed by atoms with Crippen LogP contribution in [0.2, 0.25) is 0 Å². The van der Waals surface area contributed by atoms with Crippen LogP contribution in [0.1, 0.15) is 48.6 Å². The minimum atomic E-state index is -0.143. The summed E-state index contributed by atoms with van der Waals surface area (Å²) in [6.07, 6.45) is 2.84. The standard InChI is InChI=1S/C18H26N4O5/c1-3-4-5-14-13(12(2)26-20-14)11-24-16-10-15(27-21-16)17-18(25-17)19-22-6-8-23-9-7-22/h10,17-19H,3-9,11H2,1-2H3. The maximum Gasteiger partial charge on any atom is 0.254 e. The fourth-order valence-corrected chi connectivity index (χ4v) is 3.08. The lowest BCUT2D eigenvalue weighted by Gasteiger charge is -2.26. The average molecular weight is 378 g/mol. The first-order valence-corrected chi connectivity index (χ1v) is 9.52. The van der Waals surface area contributed by atoms with Gasteiger partial charge in [0.1, 0.15) is 12.4 Å². The Kier molecular flexibility index (Phi) is 5.72. The minimum absolute atomic E-state index is 0.0927. The number of hydrogen-bond acceptors (Lipinski definition) is 9. The van der Waals surface area contributed by atoms with Crippen LogP contribution in [0.15, 0.2) is 15.1 Å². The van der Waals surface area contributed by atoms with Crippen LogP contribution in [0.25, 0.3) is 0 Å². The van der Waals surface area contributed by atoms with Crippen LogP contribution in [0.3, 0.4) is 0 Å². The zero-order valence-electron chi connectivity index (χ0n) is 15.8. The smallest absolute Gasteiger partial charge is 0.254 e. The lowest BCUT2D eigenvalue weighted by atomic mass is 10.1. The van der Waals surface area contributed by atoms with E-state index in [4.69, 9.17) is 23.3 Å². The van der Waals surface area contributed by atoms with Crippen LogP contribution in [-0.4, -0.2) is 47.9 Å². The van der Waals surface area contributed by atoms with Crippen molar-refractivity contribution in [1.29, 1.82) is 0 Å². The van der Waals surface area contributed by atoms with E-state index in [1.807, 2.05) is 6.92 Å². The second-order valence-electron chi connectivity index (χ2n) is 6.83. The van der Waals surface area contributed by atoms with E-state index in [9.17, 15) is 0 Å². The molecule has 1 N–H and O–H groups in total. The van der Waals surface area contributed by atoms with Gasteiger partial charge in [-0.2, -0.15) is 0 Å². The number of nitrogens with one attached hydrogen (secondary N) is 1. The Morgan fingerprint density at radius 3 is 2.93 bits per heavy atom. The number of unbranched alkanes of at least 4 members (excludes halogenated alkanes) is 1. The molecule has 0 amide bonds. The zero-order valence-corrected chi connectivity index (χ0v) is 15.8. The number of aryl methyl sites for hydroxylation is 2. The summed E-state index contributed by atoms with van der Waals surface area (Å²) in [5.41, 5.74) is 5.27. The van der Waals surface area contributed by atoms with E-state index < -0.39 is 0 Å². The number of hydrazine groups is 1. The SMILES string of the molecule is CCCCc1noc(C)c1COc1cc(C2OC2NN2CCOCC2)on1. The Hall–Kier alpha value is -1.94. The Balaban J connectivity index is 1.28. The van der Waals surface area contributed by atoms with Gasteiger partial charge in [-0.15, -0.1) is 0 Å². The molecule has 2 aromatic heterocycles. The first kappa shape index (κ1) is 18.4. The van der Waals surface area contributed by atoms with Crippen molar-refractivity contribution < 1.29 is 23.3 Å². The summed E-state index contributed by atoms with van der Waals surface area (Å²) in [6.45, 7) is 7.56. The molecule has 2 atom stereocenters. The number of morpholine rings is 1. The minimum Gasteiger partial charge on any atom is -0.470 e. The molecule has 2 aromatic rings. The van der Waals surface area contributed by atoms with Crippen LogP contribution in [0.5, 0.6) is 5.88 Å². The third-order valence-electron chi connectivity index (χ3n) is 4.80. The Labute approximate surface area is 157 Å².